The summed E-state index contributed by atoms with van der Waals surface area (Å²) in [7, 11) is 1.76. The lowest BCUT2D eigenvalue weighted by Gasteiger charge is -2.08. The Hall–Kier alpha value is -2.15. The van der Waals surface area contributed by atoms with Crippen LogP contribution in [0.25, 0.3) is 11.0 Å². The molecule has 0 saturated carbocycles. The van der Waals surface area contributed by atoms with E-state index in [0.717, 1.165) is 10.2 Å². The molecular formula is C14H13BrN4O2. The van der Waals surface area contributed by atoms with Gasteiger partial charge in [0, 0.05) is 11.5 Å². The van der Waals surface area contributed by atoms with Crippen LogP contribution in [0.15, 0.2) is 46.1 Å². The highest BCUT2D eigenvalue weighted by molar-refractivity contribution is 9.10. The molecule has 0 N–H and O–H groups in total. The Labute approximate surface area is 129 Å². The van der Waals surface area contributed by atoms with Gasteiger partial charge >= 0.3 is 0 Å². The van der Waals surface area contributed by atoms with Crippen molar-refractivity contribution in [2.24, 2.45) is 7.05 Å². The highest BCUT2D eigenvalue weighted by Crippen LogP contribution is 2.17. The van der Waals surface area contributed by atoms with Gasteiger partial charge in [0.25, 0.3) is 5.56 Å². The number of hydrogen-bond donors (Lipinski definition) is 0. The Kier molecular flexibility index (Phi) is 3.74. The largest absolute Gasteiger partial charge is 0.492 e. The van der Waals surface area contributed by atoms with E-state index in [4.69, 9.17) is 4.74 Å². The van der Waals surface area contributed by atoms with Crippen LogP contribution in [0, 0.1) is 0 Å². The molecule has 0 radical (unpaired) electrons. The molecule has 0 saturated heterocycles. The molecule has 21 heavy (non-hydrogen) atoms. The normalized spacial score (nSPS) is 11.0. The predicted octanol–water partition coefficient (Wildman–Crippen LogP) is 1.97. The summed E-state index contributed by atoms with van der Waals surface area (Å²) in [5, 5.41) is 4.56. The molecule has 0 amide bonds. The third-order valence-corrected chi connectivity index (χ3v) is 3.61. The fourth-order valence-corrected chi connectivity index (χ4v) is 2.42. The molecule has 0 unspecified atom stereocenters. The van der Waals surface area contributed by atoms with Crippen molar-refractivity contribution >= 4 is 27.0 Å². The third-order valence-electron chi connectivity index (χ3n) is 3.12. The number of benzene rings is 1. The molecule has 0 spiro atoms. The standard InChI is InChI=1S/C14H13BrN4O2/c1-18-13-12(8-17-18)14(20)19(9-16-13)5-6-21-11-4-2-3-10(15)7-11/h2-4,7-9H,5-6H2,1H3. The highest BCUT2D eigenvalue weighted by atomic mass is 79.9. The highest BCUT2D eigenvalue weighted by Gasteiger charge is 2.07. The first-order chi connectivity index (χ1) is 10.1. The molecule has 3 rings (SSSR count). The van der Waals surface area contributed by atoms with Crippen molar-refractivity contribution in [3.63, 3.8) is 0 Å². The Bertz CT molecular complexity index is 840. The fourth-order valence-electron chi connectivity index (χ4n) is 2.04. The van der Waals surface area contributed by atoms with E-state index in [1.54, 1.807) is 11.7 Å². The first-order valence-corrected chi connectivity index (χ1v) is 7.20. The number of hydrogen-bond acceptors (Lipinski definition) is 4. The molecule has 0 aliphatic heterocycles. The van der Waals surface area contributed by atoms with E-state index in [1.807, 2.05) is 24.3 Å². The SMILES string of the molecule is Cn1ncc2c(=O)n(CCOc3cccc(Br)c3)cnc21. The average Bonchev–Trinajstić information content (AvgIpc) is 2.84. The van der Waals surface area contributed by atoms with Crippen LogP contribution >= 0.6 is 15.9 Å². The zero-order valence-corrected chi connectivity index (χ0v) is 12.9. The second-order valence-electron chi connectivity index (χ2n) is 4.55. The minimum Gasteiger partial charge on any atom is -0.492 e. The Morgan fingerprint density at radius 2 is 2.24 bits per heavy atom. The minimum absolute atomic E-state index is 0.106. The molecule has 0 bridgehead atoms. The van der Waals surface area contributed by atoms with E-state index in [2.05, 4.69) is 26.0 Å². The van der Waals surface area contributed by atoms with Crippen molar-refractivity contribution in [1.82, 2.24) is 19.3 Å². The predicted molar refractivity (Wildman–Crippen MR) is 82.4 cm³/mol. The van der Waals surface area contributed by atoms with Gasteiger partial charge in [-0.15, -0.1) is 0 Å². The summed E-state index contributed by atoms with van der Waals surface area (Å²) in [6.07, 6.45) is 3.06. The van der Waals surface area contributed by atoms with Crippen molar-refractivity contribution in [2.75, 3.05) is 6.61 Å². The lowest BCUT2D eigenvalue weighted by atomic mass is 10.3. The number of aryl methyl sites for hydroxylation is 1. The lowest BCUT2D eigenvalue weighted by molar-refractivity contribution is 0.296. The molecule has 0 fully saturated rings. The molecule has 6 nitrogen and oxygen atoms in total. The number of nitrogens with zero attached hydrogens (tertiary/aromatic N) is 4. The van der Waals surface area contributed by atoms with Gasteiger partial charge in [0.1, 0.15) is 24.1 Å². The van der Waals surface area contributed by atoms with Gasteiger partial charge in [0.05, 0.1) is 12.7 Å². The van der Waals surface area contributed by atoms with Gasteiger partial charge in [-0.2, -0.15) is 5.10 Å². The van der Waals surface area contributed by atoms with Gasteiger partial charge in [-0.1, -0.05) is 22.0 Å². The maximum atomic E-state index is 12.2. The van der Waals surface area contributed by atoms with Gasteiger partial charge in [0.2, 0.25) is 0 Å². The van der Waals surface area contributed by atoms with Crippen LogP contribution in [0.5, 0.6) is 5.75 Å². The fraction of sp³-hybridized carbons (Fsp3) is 0.214. The third kappa shape index (κ3) is 2.82. The van der Waals surface area contributed by atoms with Crippen LogP contribution in [0.4, 0.5) is 0 Å². The summed E-state index contributed by atoms with van der Waals surface area (Å²) in [4.78, 5) is 16.5. The monoisotopic (exact) mass is 348 g/mol. The second kappa shape index (κ2) is 5.69. The first kappa shape index (κ1) is 13.8. The molecule has 0 aliphatic carbocycles. The van der Waals surface area contributed by atoms with Crippen molar-refractivity contribution in [1.29, 1.82) is 0 Å². The van der Waals surface area contributed by atoms with E-state index in [-0.39, 0.29) is 5.56 Å². The Morgan fingerprint density at radius 3 is 3.05 bits per heavy atom. The van der Waals surface area contributed by atoms with E-state index in [0.29, 0.717) is 24.2 Å². The molecule has 3 aromatic rings. The number of fused-ring (bicyclic) bond motifs is 1. The van der Waals surface area contributed by atoms with Crippen molar-refractivity contribution < 1.29 is 4.74 Å². The zero-order chi connectivity index (χ0) is 14.8. The van der Waals surface area contributed by atoms with Crippen LogP contribution in [0.3, 0.4) is 0 Å². The van der Waals surface area contributed by atoms with Gasteiger partial charge in [0.15, 0.2) is 5.65 Å². The lowest BCUT2D eigenvalue weighted by Crippen LogP contribution is -2.23. The van der Waals surface area contributed by atoms with Crippen molar-refractivity contribution in [3.05, 3.63) is 51.6 Å². The minimum atomic E-state index is -0.106. The molecule has 0 atom stereocenters. The first-order valence-electron chi connectivity index (χ1n) is 6.40. The summed E-state index contributed by atoms with van der Waals surface area (Å²) in [5.41, 5.74) is 0.482. The summed E-state index contributed by atoms with van der Waals surface area (Å²) in [5.74, 6) is 0.757. The van der Waals surface area contributed by atoms with E-state index >= 15 is 0 Å². The Balaban J connectivity index is 1.74. The Morgan fingerprint density at radius 1 is 1.38 bits per heavy atom. The van der Waals surface area contributed by atoms with Crippen LogP contribution < -0.4 is 10.3 Å². The van der Waals surface area contributed by atoms with Crippen LogP contribution in [-0.4, -0.2) is 25.9 Å². The average molecular weight is 349 g/mol. The van der Waals surface area contributed by atoms with Crippen molar-refractivity contribution in [3.8, 4) is 5.75 Å². The quantitative estimate of drug-likeness (QED) is 0.723. The van der Waals surface area contributed by atoms with Gasteiger partial charge in [-0.3, -0.25) is 14.0 Å². The molecule has 2 aromatic heterocycles. The van der Waals surface area contributed by atoms with Gasteiger partial charge in [-0.05, 0) is 18.2 Å². The smallest absolute Gasteiger partial charge is 0.264 e. The van der Waals surface area contributed by atoms with E-state index < -0.39 is 0 Å². The molecule has 1 aromatic carbocycles. The topological polar surface area (TPSA) is 61.9 Å². The second-order valence-corrected chi connectivity index (χ2v) is 5.47. The van der Waals surface area contributed by atoms with E-state index in [1.165, 1.54) is 17.1 Å². The molecule has 108 valence electrons. The molecule has 2 heterocycles. The summed E-state index contributed by atoms with van der Waals surface area (Å²) in [6, 6.07) is 7.58. The number of aromatic nitrogens is 4. The molecule has 0 aliphatic rings. The van der Waals surface area contributed by atoms with Gasteiger partial charge in [-0.25, -0.2) is 4.98 Å². The zero-order valence-electron chi connectivity index (χ0n) is 11.4. The van der Waals surface area contributed by atoms with E-state index in [9.17, 15) is 4.79 Å². The summed E-state index contributed by atoms with van der Waals surface area (Å²) in [6.45, 7) is 0.826. The number of halogens is 1. The van der Waals surface area contributed by atoms with Gasteiger partial charge < -0.3 is 4.74 Å². The maximum Gasteiger partial charge on any atom is 0.264 e. The molecule has 7 heteroatoms. The summed E-state index contributed by atoms with van der Waals surface area (Å²) < 4.78 is 9.69. The molecular weight excluding hydrogens is 336 g/mol. The number of ether oxygens (including phenoxy) is 1. The van der Waals surface area contributed by atoms with Crippen LogP contribution in [-0.2, 0) is 13.6 Å². The van der Waals surface area contributed by atoms with Crippen molar-refractivity contribution in [2.45, 2.75) is 6.54 Å². The maximum absolute atomic E-state index is 12.2. The summed E-state index contributed by atoms with van der Waals surface area (Å²) >= 11 is 3.39. The van der Waals surface area contributed by atoms with Crippen LogP contribution in [0.1, 0.15) is 0 Å². The van der Waals surface area contributed by atoms with Crippen LogP contribution in [0.2, 0.25) is 0 Å². The number of rotatable bonds is 4.